The van der Waals surface area contributed by atoms with Gasteiger partial charge in [0.2, 0.25) is 0 Å². The van der Waals surface area contributed by atoms with Gasteiger partial charge >= 0.3 is 5.97 Å². The average Bonchev–Trinajstić information content (AvgIpc) is 3.53. The second kappa shape index (κ2) is 20.6. The van der Waals surface area contributed by atoms with Gasteiger partial charge in [-0.15, -0.1) is 11.3 Å². The summed E-state index contributed by atoms with van der Waals surface area (Å²) >= 11 is 1.53. The molecule has 51 heavy (non-hydrogen) atoms. The Kier molecular flexibility index (Phi) is 18.3. The lowest BCUT2D eigenvalue weighted by atomic mass is 9.73. The largest absolute Gasteiger partial charge is 0.458 e. The van der Waals surface area contributed by atoms with Gasteiger partial charge < -0.3 is 18.7 Å². The summed E-state index contributed by atoms with van der Waals surface area (Å²) < 4.78 is 20.5. The minimum atomic E-state index is -2.29. The number of carbonyl (C=O) groups excluding carboxylic acids is 2. The summed E-state index contributed by atoms with van der Waals surface area (Å²) in [5.74, 6) is -0.864. The van der Waals surface area contributed by atoms with Gasteiger partial charge in [-0.25, -0.2) is 4.98 Å². The van der Waals surface area contributed by atoms with Gasteiger partial charge in [-0.2, -0.15) is 0 Å². The third kappa shape index (κ3) is 12.1. The molecule has 0 saturated carbocycles. The van der Waals surface area contributed by atoms with Crippen LogP contribution in [0, 0.1) is 24.2 Å². The van der Waals surface area contributed by atoms with Crippen molar-refractivity contribution in [2.24, 2.45) is 22.4 Å². The van der Waals surface area contributed by atoms with Crippen molar-refractivity contribution in [2.75, 3.05) is 0 Å². The molecule has 1 N–H and O–H groups in total. The van der Waals surface area contributed by atoms with Gasteiger partial charge in [-0.05, 0) is 92.5 Å². The highest BCUT2D eigenvalue weighted by atomic mass is 32.1. The van der Waals surface area contributed by atoms with Crippen LogP contribution in [0.3, 0.4) is 0 Å². The van der Waals surface area contributed by atoms with E-state index < -0.39 is 58.3 Å². The number of aromatic nitrogens is 1. The molecule has 10 nitrogen and oxygen atoms in total. The Bertz CT molecular complexity index is 1320. The third-order valence-corrected chi connectivity index (χ3v) is 22.0. The molecule has 0 bridgehead atoms. The monoisotopic (exact) mass is 764 g/mol. The van der Waals surface area contributed by atoms with Crippen LogP contribution < -0.4 is 0 Å². The number of hydrogen-bond donors (Lipinski definition) is 1. The van der Waals surface area contributed by atoms with Gasteiger partial charge in [-0.1, -0.05) is 80.8 Å². The number of thiazole rings is 1. The van der Waals surface area contributed by atoms with Crippen molar-refractivity contribution in [3.63, 3.8) is 0 Å². The summed E-state index contributed by atoms with van der Waals surface area (Å²) in [5, 5.41) is 18.3. The van der Waals surface area contributed by atoms with Crippen LogP contribution >= 0.6 is 11.3 Å². The van der Waals surface area contributed by atoms with E-state index in [1.807, 2.05) is 46.1 Å². The van der Waals surface area contributed by atoms with Gasteiger partial charge in [-0.3, -0.25) is 9.59 Å². The highest BCUT2D eigenvalue weighted by Gasteiger charge is 2.48. The number of carbonyl (C=O) groups is 2. The van der Waals surface area contributed by atoms with Crippen LogP contribution in [-0.2, 0) is 23.2 Å². The summed E-state index contributed by atoms with van der Waals surface area (Å²) in [6, 6.07) is 4.69. The number of aryl methyl sites for hydroxylation is 1. The van der Waals surface area contributed by atoms with Gasteiger partial charge in [0, 0.05) is 21.6 Å². The highest BCUT2D eigenvalue weighted by Crippen LogP contribution is 2.40. The highest BCUT2D eigenvalue weighted by molar-refractivity contribution is 7.09. The van der Waals surface area contributed by atoms with Crippen LogP contribution in [0.15, 0.2) is 16.1 Å². The Morgan fingerprint density at radius 2 is 1.63 bits per heavy atom. The lowest BCUT2D eigenvalue weighted by Crippen LogP contribution is -2.53. The van der Waals surface area contributed by atoms with Crippen molar-refractivity contribution in [3.8, 4) is 0 Å². The maximum atomic E-state index is 14.9. The molecule has 290 valence electrons. The molecule has 13 heteroatoms. The van der Waals surface area contributed by atoms with E-state index in [0.717, 1.165) is 59.0 Å². The van der Waals surface area contributed by atoms with Crippen LogP contribution in [0.25, 0.3) is 16.5 Å². The Labute approximate surface area is 314 Å². The fraction of sp³-hybridized carbons (Fsp3) is 0.816. The molecule has 0 amide bonds. The van der Waals surface area contributed by atoms with E-state index in [-0.39, 0.29) is 30.6 Å². The molecule has 1 aromatic heterocycles. The first-order valence-corrected chi connectivity index (χ1v) is 25.4. The van der Waals surface area contributed by atoms with E-state index in [1.54, 1.807) is 0 Å². The number of rotatable bonds is 13. The van der Waals surface area contributed by atoms with Crippen LogP contribution in [0.2, 0.25) is 36.3 Å². The van der Waals surface area contributed by atoms with Crippen LogP contribution in [0.1, 0.15) is 119 Å². The van der Waals surface area contributed by atoms with Crippen molar-refractivity contribution >= 4 is 45.8 Å². The van der Waals surface area contributed by atoms with Crippen LogP contribution in [0.4, 0.5) is 0 Å². The van der Waals surface area contributed by atoms with Gasteiger partial charge in [0.1, 0.15) is 11.9 Å². The quantitative estimate of drug-likeness (QED) is 0.0692. The first-order chi connectivity index (χ1) is 24.0. The van der Waals surface area contributed by atoms with Gasteiger partial charge in [0.25, 0.3) is 0 Å². The third-order valence-electron chi connectivity index (χ3n) is 12.0. The molecule has 1 aromatic rings. The van der Waals surface area contributed by atoms with Crippen LogP contribution in [-0.4, -0.2) is 68.9 Å². The fourth-order valence-electron chi connectivity index (χ4n) is 7.67. The van der Waals surface area contributed by atoms with Crippen molar-refractivity contribution in [2.45, 2.75) is 182 Å². The molecular weight excluding hydrogens is 697 g/mol. The molecule has 7 atom stereocenters. The van der Waals surface area contributed by atoms with E-state index in [9.17, 15) is 20.2 Å². The fourth-order valence-corrected chi connectivity index (χ4v) is 14.2. The SMILES string of the molecule is CC[Si](CC)(CC)O[C@H]1[C@@H](C)CCC[C@H](O)[C@@H](N=[N+]=[N-])C[C@@H](/C(C)=C/c2csc(C)n2)OC(=O)C[C@H](O[Si](CC)(CC)CC)C(C)(C)C(=O)[C@@H]1C. The molecule has 1 fully saturated rings. The zero-order valence-corrected chi connectivity index (χ0v) is 36.5. The molecule has 0 radical (unpaired) electrons. The molecule has 1 saturated heterocycles. The standard InChI is InChI=1S/C38H68N4O6SSi2/c1-13-50(14-2,15-3)47-34-24-35(44)46-33(27(8)22-30-25-49-29(10)40-30)23-31(41-42-39)32(43)21-19-20-26(7)36(28(9)37(45)38(34,11)12)48-51(16-4,17-5)18-6/h22,25-26,28,31-34,36,43H,13-21,23-24H2,1-12H3/b27-22+/t26-,28+,31-,32-,33-,34-,36-/m0/s1. The van der Waals surface area contributed by atoms with E-state index in [0.29, 0.717) is 12.8 Å². The molecule has 2 heterocycles. The van der Waals surface area contributed by atoms with Crippen LogP contribution in [0.5, 0.6) is 0 Å². The zero-order valence-electron chi connectivity index (χ0n) is 33.7. The summed E-state index contributed by atoms with van der Waals surface area (Å²) in [4.78, 5) is 36.7. The number of esters is 1. The molecule has 0 aromatic carbocycles. The number of Topliss-reactive ketones (excluding diaryl/α,β-unsaturated/α-hetero) is 1. The van der Waals surface area contributed by atoms with E-state index in [4.69, 9.17) is 13.6 Å². The summed E-state index contributed by atoms with van der Waals surface area (Å²) in [5.41, 5.74) is 10.00. The smallest absolute Gasteiger partial charge is 0.309 e. The Hall–Kier alpha value is -1.87. The number of aliphatic hydroxyl groups is 1. The normalized spacial score (nSPS) is 27.9. The van der Waals surface area contributed by atoms with Crippen molar-refractivity contribution in [1.82, 2.24) is 4.98 Å². The Morgan fingerprint density at radius 3 is 2.14 bits per heavy atom. The number of ketones is 1. The first-order valence-electron chi connectivity index (χ1n) is 19.4. The minimum absolute atomic E-state index is 0.0357. The first kappa shape index (κ1) is 45.3. The number of ether oxygens (including phenoxy) is 1. The molecule has 1 aliphatic rings. The molecule has 0 unspecified atom stereocenters. The Morgan fingerprint density at radius 1 is 1.06 bits per heavy atom. The Balaban J connectivity index is 2.74. The van der Waals surface area contributed by atoms with Crippen molar-refractivity contribution in [1.29, 1.82) is 0 Å². The lowest BCUT2D eigenvalue weighted by Gasteiger charge is -2.44. The van der Waals surface area contributed by atoms with E-state index in [2.05, 4.69) is 63.5 Å². The van der Waals surface area contributed by atoms with Crippen molar-refractivity contribution < 1.29 is 28.3 Å². The van der Waals surface area contributed by atoms with Gasteiger partial charge in [0.15, 0.2) is 16.6 Å². The number of hydrogen-bond acceptors (Lipinski definition) is 9. The number of aliphatic hydroxyl groups excluding tert-OH is 1. The topological polar surface area (TPSA) is 144 Å². The maximum Gasteiger partial charge on any atom is 0.309 e. The molecular formula is C38H68N4O6SSi2. The van der Waals surface area contributed by atoms with Crippen molar-refractivity contribution in [3.05, 3.63) is 32.1 Å². The molecule has 2 rings (SSSR count). The predicted molar refractivity (Wildman–Crippen MR) is 214 cm³/mol. The second-order valence-electron chi connectivity index (χ2n) is 15.4. The average molecular weight is 765 g/mol. The van der Waals surface area contributed by atoms with E-state index >= 15 is 0 Å². The molecule has 0 spiro atoms. The predicted octanol–water partition coefficient (Wildman–Crippen LogP) is 10.4. The molecule has 1 aliphatic heterocycles. The second-order valence-corrected chi connectivity index (χ2v) is 25.9. The zero-order chi connectivity index (χ0) is 38.6. The lowest BCUT2D eigenvalue weighted by molar-refractivity contribution is -0.154. The number of cyclic esters (lactones) is 1. The number of nitrogens with zero attached hydrogens (tertiary/aromatic N) is 4. The summed E-state index contributed by atoms with van der Waals surface area (Å²) in [7, 11) is -4.41. The van der Waals surface area contributed by atoms with Gasteiger partial charge in [0.05, 0.1) is 41.5 Å². The summed E-state index contributed by atoms with van der Waals surface area (Å²) in [6.45, 7) is 24.8. The summed E-state index contributed by atoms with van der Waals surface area (Å²) in [6.07, 6.45) is 0.938. The maximum absolute atomic E-state index is 14.9. The van der Waals surface area contributed by atoms with E-state index in [1.165, 1.54) is 11.3 Å². The number of azide groups is 1. The minimum Gasteiger partial charge on any atom is -0.458 e. The molecule has 0 aliphatic carbocycles.